The molecule has 1 N–H and O–H groups in total. The number of hydrogen-bond donors (Lipinski definition) is 1. The second kappa shape index (κ2) is 9.35. The molecule has 0 radical (unpaired) electrons. The van der Waals surface area contributed by atoms with Crippen LogP contribution in [0, 0.1) is 0 Å². The van der Waals surface area contributed by atoms with Gasteiger partial charge in [-0.1, -0.05) is 24.3 Å². The Kier molecular flexibility index (Phi) is 7.17. The van der Waals surface area contributed by atoms with Crippen molar-refractivity contribution in [2.24, 2.45) is 0 Å². The third kappa shape index (κ3) is 5.86. The number of carbonyl (C=O) groups is 1. The summed E-state index contributed by atoms with van der Waals surface area (Å²) in [4.78, 5) is 12.2. The van der Waals surface area contributed by atoms with Crippen molar-refractivity contribution >= 4 is 15.9 Å². The van der Waals surface area contributed by atoms with Gasteiger partial charge in [-0.05, 0) is 43.7 Å². The van der Waals surface area contributed by atoms with Crippen LogP contribution in [0.4, 0.5) is 0 Å². The van der Waals surface area contributed by atoms with Crippen molar-refractivity contribution in [2.45, 2.75) is 13.3 Å². The fourth-order valence-corrected chi connectivity index (χ4v) is 3.14. The number of para-hydroxylation sites is 1. The van der Waals surface area contributed by atoms with Gasteiger partial charge in [-0.2, -0.15) is 0 Å². The van der Waals surface area contributed by atoms with Gasteiger partial charge in [0.2, 0.25) is 10.0 Å². The van der Waals surface area contributed by atoms with Crippen LogP contribution in [0.15, 0.2) is 54.6 Å². The first-order chi connectivity index (χ1) is 12.4. The van der Waals surface area contributed by atoms with Crippen molar-refractivity contribution in [3.8, 4) is 11.5 Å². The second-order valence-electron chi connectivity index (χ2n) is 5.77. The van der Waals surface area contributed by atoms with E-state index in [1.807, 2.05) is 30.3 Å². The van der Waals surface area contributed by atoms with Crippen molar-refractivity contribution < 1.29 is 17.9 Å². The molecule has 0 saturated carbocycles. The van der Waals surface area contributed by atoms with Crippen LogP contribution in [0.5, 0.6) is 11.5 Å². The molecule has 26 heavy (non-hydrogen) atoms. The number of hydrogen-bond acceptors (Lipinski definition) is 4. The Hall–Kier alpha value is -2.38. The maximum absolute atomic E-state index is 12.2. The van der Waals surface area contributed by atoms with Crippen LogP contribution in [-0.4, -0.2) is 44.5 Å². The molecule has 0 aromatic heterocycles. The van der Waals surface area contributed by atoms with E-state index in [1.54, 1.807) is 38.2 Å². The van der Waals surface area contributed by atoms with Gasteiger partial charge in [0.25, 0.3) is 5.91 Å². The summed E-state index contributed by atoms with van der Waals surface area (Å²) in [5.41, 5.74) is 0.493. The minimum atomic E-state index is -3.18. The third-order valence-corrected chi connectivity index (χ3v) is 5.71. The molecule has 0 heterocycles. The summed E-state index contributed by atoms with van der Waals surface area (Å²) in [5, 5.41) is 2.80. The summed E-state index contributed by atoms with van der Waals surface area (Å²) >= 11 is 0. The first-order valence-electron chi connectivity index (χ1n) is 8.47. The molecule has 0 aliphatic carbocycles. The SMILES string of the molecule is CCS(=O)(=O)N(C)CCCNC(=O)c1cccc(Oc2ccccc2)c1. The Balaban J connectivity index is 1.85. The molecule has 2 rings (SSSR count). The summed E-state index contributed by atoms with van der Waals surface area (Å²) in [6.45, 7) is 2.37. The summed E-state index contributed by atoms with van der Waals surface area (Å²) in [6, 6.07) is 16.3. The van der Waals surface area contributed by atoms with Gasteiger partial charge in [0.15, 0.2) is 0 Å². The van der Waals surface area contributed by atoms with E-state index in [-0.39, 0.29) is 11.7 Å². The van der Waals surface area contributed by atoms with Gasteiger partial charge in [-0.3, -0.25) is 4.79 Å². The molecule has 0 saturated heterocycles. The minimum Gasteiger partial charge on any atom is -0.457 e. The van der Waals surface area contributed by atoms with Crippen LogP contribution >= 0.6 is 0 Å². The molecule has 0 atom stereocenters. The molecule has 0 unspecified atom stereocenters. The molecule has 0 bridgehead atoms. The summed E-state index contributed by atoms with van der Waals surface area (Å²) < 4.78 is 30.4. The smallest absolute Gasteiger partial charge is 0.251 e. The lowest BCUT2D eigenvalue weighted by molar-refractivity contribution is 0.0952. The van der Waals surface area contributed by atoms with E-state index in [0.29, 0.717) is 36.6 Å². The highest BCUT2D eigenvalue weighted by molar-refractivity contribution is 7.89. The van der Waals surface area contributed by atoms with Crippen LogP contribution in [0.25, 0.3) is 0 Å². The van der Waals surface area contributed by atoms with E-state index >= 15 is 0 Å². The highest BCUT2D eigenvalue weighted by Crippen LogP contribution is 2.21. The zero-order chi connectivity index (χ0) is 19.0. The van der Waals surface area contributed by atoms with Crippen molar-refractivity contribution in [1.29, 1.82) is 0 Å². The Morgan fingerprint density at radius 2 is 1.77 bits per heavy atom. The highest BCUT2D eigenvalue weighted by atomic mass is 32.2. The average molecular weight is 376 g/mol. The molecule has 1 amide bonds. The Labute approximate surface area is 154 Å². The fraction of sp³-hybridized carbons (Fsp3) is 0.316. The van der Waals surface area contributed by atoms with Crippen molar-refractivity contribution in [3.05, 3.63) is 60.2 Å². The third-order valence-electron chi connectivity index (χ3n) is 3.85. The predicted molar refractivity (Wildman–Crippen MR) is 102 cm³/mol. The Bertz CT molecular complexity index is 822. The van der Waals surface area contributed by atoms with Crippen LogP contribution in [-0.2, 0) is 10.0 Å². The number of carbonyl (C=O) groups excluding carboxylic acids is 1. The van der Waals surface area contributed by atoms with Crippen LogP contribution in [0.3, 0.4) is 0 Å². The van der Waals surface area contributed by atoms with Crippen LogP contribution in [0.2, 0.25) is 0 Å². The number of rotatable bonds is 9. The van der Waals surface area contributed by atoms with Crippen LogP contribution in [0.1, 0.15) is 23.7 Å². The summed E-state index contributed by atoms with van der Waals surface area (Å²) in [7, 11) is -1.64. The van der Waals surface area contributed by atoms with Gasteiger partial charge in [-0.15, -0.1) is 0 Å². The lowest BCUT2D eigenvalue weighted by atomic mass is 10.2. The van der Waals surface area contributed by atoms with E-state index < -0.39 is 10.0 Å². The van der Waals surface area contributed by atoms with Crippen molar-refractivity contribution in [3.63, 3.8) is 0 Å². The van der Waals surface area contributed by atoms with E-state index in [2.05, 4.69) is 5.32 Å². The minimum absolute atomic E-state index is 0.0735. The number of nitrogens with zero attached hydrogens (tertiary/aromatic N) is 1. The predicted octanol–water partition coefficient (Wildman–Crippen LogP) is 2.88. The molecule has 0 fully saturated rings. The van der Waals surface area contributed by atoms with Gasteiger partial charge >= 0.3 is 0 Å². The number of amides is 1. The van der Waals surface area contributed by atoms with Gasteiger partial charge in [-0.25, -0.2) is 12.7 Å². The standard InChI is InChI=1S/C19H24N2O4S/c1-3-26(23,24)21(2)14-8-13-20-19(22)16-9-7-12-18(15-16)25-17-10-5-4-6-11-17/h4-7,9-12,15H,3,8,13-14H2,1-2H3,(H,20,22). The number of sulfonamides is 1. The van der Waals surface area contributed by atoms with Crippen molar-refractivity contribution in [2.75, 3.05) is 25.9 Å². The lowest BCUT2D eigenvalue weighted by Gasteiger charge is -2.15. The zero-order valence-electron chi connectivity index (χ0n) is 15.0. The zero-order valence-corrected chi connectivity index (χ0v) is 15.8. The molecular formula is C19H24N2O4S. The first kappa shape index (κ1) is 19.9. The molecule has 2 aromatic rings. The van der Waals surface area contributed by atoms with Gasteiger partial charge in [0, 0.05) is 25.7 Å². The second-order valence-corrected chi connectivity index (χ2v) is 8.14. The topological polar surface area (TPSA) is 75.7 Å². The van der Waals surface area contributed by atoms with Gasteiger partial charge in [0.05, 0.1) is 5.75 Å². The first-order valence-corrected chi connectivity index (χ1v) is 10.1. The van der Waals surface area contributed by atoms with Crippen molar-refractivity contribution in [1.82, 2.24) is 9.62 Å². The molecule has 0 aliphatic rings. The number of nitrogens with one attached hydrogen (secondary N) is 1. The maximum atomic E-state index is 12.2. The molecule has 2 aromatic carbocycles. The molecule has 140 valence electrons. The van der Waals surface area contributed by atoms with Gasteiger partial charge < -0.3 is 10.1 Å². The van der Waals surface area contributed by atoms with E-state index in [0.717, 1.165) is 0 Å². The fourth-order valence-electron chi connectivity index (χ4n) is 2.29. The number of ether oxygens (including phenoxy) is 1. The van der Waals surface area contributed by atoms with Gasteiger partial charge in [0.1, 0.15) is 11.5 Å². The largest absolute Gasteiger partial charge is 0.457 e. The highest BCUT2D eigenvalue weighted by Gasteiger charge is 2.14. The lowest BCUT2D eigenvalue weighted by Crippen LogP contribution is -2.32. The monoisotopic (exact) mass is 376 g/mol. The molecule has 0 spiro atoms. The van der Waals surface area contributed by atoms with E-state index in [4.69, 9.17) is 4.74 Å². The average Bonchev–Trinajstić information content (AvgIpc) is 2.65. The molecule has 6 nitrogen and oxygen atoms in total. The summed E-state index contributed by atoms with van der Waals surface area (Å²) in [6.07, 6.45) is 0.543. The molecule has 7 heteroatoms. The van der Waals surface area contributed by atoms with E-state index in [1.165, 1.54) is 4.31 Å². The Morgan fingerprint density at radius 1 is 1.08 bits per heavy atom. The Morgan fingerprint density at radius 3 is 2.46 bits per heavy atom. The number of benzene rings is 2. The summed E-state index contributed by atoms with van der Waals surface area (Å²) in [5.74, 6) is 1.14. The quantitative estimate of drug-likeness (QED) is 0.683. The molecular weight excluding hydrogens is 352 g/mol. The maximum Gasteiger partial charge on any atom is 0.251 e. The normalized spacial score (nSPS) is 11.3. The van der Waals surface area contributed by atoms with E-state index in [9.17, 15) is 13.2 Å². The molecule has 0 aliphatic heterocycles. The van der Waals surface area contributed by atoms with Crippen LogP contribution < -0.4 is 10.1 Å².